The summed E-state index contributed by atoms with van der Waals surface area (Å²) in [6.07, 6.45) is 0. The molecule has 0 aliphatic carbocycles. The topological polar surface area (TPSA) is 96.2 Å². The first kappa shape index (κ1) is 59.2. The molecule has 0 saturated heterocycles. The van der Waals surface area contributed by atoms with Gasteiger partial charge in [0.05, 0.1) is 0 Å². The lowest BCUT2D eigenvalue weighted by Gasteiger charge is -2.33. The van der Waals surface area contributed by atoms with Crippen LogP contribution in [0.5, 0.6) is 23.0 Å². The molecule has 0 spiro atoms. The number of phosphoric ester groups is 1. The first-order valence-corrected chi connectivity index (χ1v) is 29.6. The minimum Gasteiger partial charge on any atom is -0.507 e. The highest BCUT2D eigenvalue weighted by molar-refractivity contribution is 8.16. The predicted molar refractivity (Wildman–Crippen MR) is 303 cm³/mol. The third-order valence-corrected chi connectivity index (χ3v) is 17.1. The summed E-state index contributed by atoms with van der Waals surface area (Å²) in [5.74, 6) is 1.50. The molecule has 0 radical (unpaired) electrons. The molecule has 3 N–H and O–H groups in total. The van der Waals surface area contributed by atoms with Crippen LogP contribution in [0.15, 0.2) is 68.1 Å². The molecule has 11 heteroatoms. The Morgan fingerprint density at radius 2 is 0.507 bits per heavy atom. The first-order chi connectivity index (χ1) is 30.8. The Bertz CT molecular complexity index is 2230. The summed E-state index contributed by atoms with van der Waals surface area (Å²) >= 11 is 6.94. The number of benzene rings is 4. The molecule has 0 amide bonds. The van der Waals surface area contributed by atoms with Gasteiger partial charge in [-0.05, 0) is 91.9 Å². The number of aromatic hydroxyl groups is 2. The molecule has 0 heterocycles. The van der Waals surface area contributed by atoms with E-state index in [0.29, 0.717) is 23.0 Å². The highest BCUT2D eigenvalue weighted by atomic mass is 32.2. The van der Waals surface area contributed by atoms with Gasteiger partial charge in [0.25, 0.3) is 0 Å². The lowest BCUT2D eigenvalue weighted by molar-refractivity contribution is 0.280. The maximum absolute atomic E-state index is 14.8. The average Bonchev–Trinajstić information content (AvgIpc) is 3.12. The molecule has 6 nitrogen and oxygen atoms in total. The standard InChI is InChI=1S/C58H87O6PS4/c1-51(2,3)39-25-35(26-40(47(39)59)52(4,5)6)66-33-68-37-29-43(55(13,14)15)49(44(30-37)56(16,17)18)63-65(61,62)64-50-45(57(19,20)21)31-38(32-46(50)58(22,23)24)69-34-67-36-27-41(53(7,8)9)48(60)42(28-36)54(10,11)12/h25-32,59-60H,33-34H2,1-24H3,(H,61,62). The molecule has 4 aromatic rings. The van der Waals surface area contributed by atoms with Gasteiger partial charge in [-0.15, -0.1) is 47.0 Å². The molecular weight excluding hydrogens is 952 g/mol. The van der Waals surface area contributed by atoms with Gasteiger partial charge in [0.15, 0.2) is 0 Å². The van der Waals surface area contributed by atoms with E-state index in [1.54, 1.807) is 47.0 Å². The summed E-state index contributed by atoms with van der Waals surface area (Å²) in [5.41, 5.74) is 4.34. The van der Waals surface area contributed by atoms with E-state index < -0.39 is 29.5 Å². The number of rotatable bonds is 12. The fourth-order valence-corrected chi connectivity index (χ4v) is 13.2. The van der Waals surface area contributed by atoms with Crippen LogP contribution in [0.2, 0.25) is 0 Å². The lowest BCUT2D eigenvalue weighted by Crippen LogP contribution is -2.22. The third kappa shape index (κ3) is 15.4. The summed E-state index contributed by atoms with van der Waals surface area (Å²) in [5, 5.41) is 24.1. The molecule has 4 aromatic carbocycles. The van der Waals surface area contributed by atoms with Crippen molar-refractivity contribution in [2.75, 3.05) is 10.2 Å². The molecule has 0 unspecified atom stereocenters. The Balaban J connectivity index is 1.74. The quantitative estimate of drug-likeness (QED) is 0.0723. The van der Waals surface area contributed by atoms with Crippen molar-refractivity contribution in [1.82, 2.24) is 0 Å². The normalized spacial score (nSPS) is 13.8. The zero-order valence-corrected chi connectivity index (χ0v) is 50.8. The average molecular weight is 1040 g/mol. The number of phosphoric acid groups is 1. The highest BCUT2D eigenvalue weighted by Crippen LogP contribution is 2.55. The second-order valence-corrected chi connectivity index (χ2v) is 33.1. The van der Waals surface area contributed by atoms with Crippen molar-refractivity contribution in [2.24, 2.45) is 0 Å². The van der Waals surface area contributed by atoms with E-state index in [9.17, 15) is 19.7 Å². The van der Waals surface area contributed by atoms with Gasteiger partial charge in [-0.25, -0.2) is 4.57 Å². The van der Waals surface area contributed by atoms with Crippen molar-refractivity contribution in [1.29, 1.82) is 0 Å². The van der Waals surface area contributed by atoms with Crippen molar-refractivity contribution < 1.29 is 28.7 Å². The van der Waals surface area contributed by atoms with Gasteiger partial charge >= 0.3 is 7.82 Å². The maximum atomic E-state index is 14.8. The summed E-state index contributed by atoms with van der Waals surface area (Å²) in [6, 6.07) is 16.9. The number of hydrogen-bond donors (Lipinski definition) is 3. The molecule has 0 atom stereocenters. The van der Waals surface area contributed by atoms with E-state index in [1.165, 1.54) is 0 Å². The Kier molecular flexibility index (Phi) is 17.6. The Morgan fingerprint density at radius 1 is 0.348 bits per heavy atom. The van der Waals surface area contributed by atoms with Crippen molar-refractivity contribution in [3.8, 4) is 23.0 Å². The van der Waals surface area contributed by atoms with E-state index >= 15 is 0 Å². The zero-order valence-electron chi connectivity index (χ0n) is 46.7. The second kappa shape index (κ2) is 20.5. The summed E-state index contributed by atoms with van der Waals surface area (Å²) in [4.78, 5) is 16.4. The SMILES string of the molecule is CC(C)(C)c1cc(SCSc2cc(C(C)(C)C)c(OP(=O)(O)Oc3c(C(C)(C)C)cc(SCSc4cc(C(C)(C)C)c(O)c(C(C)(C)C)c4)cc3C(C)(C)C)c(C(C)(C)C)c2)cc(C(C)(C)C)c1O. The Labute approximate surface area is 436 Å². The fourth-order valence-electron chi connectivity index (χ4n) is 8.05. The van der Waals surface area contributed by atoms with Gasteiger partial charge in [0.1, 0.15) is 23.0 Å². The van der Waals surface area contributed by atoms with Crippen molar-refractivity contribution in [3.05, 3.63) is 93.0 Å². The van der Waals surface area contributed by atoms with E-state index in [0.717, 1.165) is 74.3 Å². The van der Waals surface area contributed by atoms with Crippen LogP contribution in [0.3, 0.4) is 0 Å². The lowest BCUT2D eigenvalue weighted by atomic mass is 9.79. The first-order valence-electron chi connectivity index (χ1n) is 24.2. The maximum Gasteiger partial charge on any atom is 0.584 e. The van der Waals surface area contributed by atoms with Crippen LogP contribution in [0.25, 0.3) is 0 Å². The van der Waals surface area contributed by atoms with Crippen LogP contribution < -0.4 is 9.05 Å². The molecule has 4 rings (SSSR count). The number of phenols is 2. The van der Waals surface area contributed by atoms with E-state index in [-0.39, 0.29) is 21.7 Å². The predicted octanol–water partition coefficient (Wildman–Crippen LogP) is 18.7. The summed E-state index contributed by atoms with van der Waals surface area (Å²) in [6.45, 7) is 50.8. The molecular formula is C58H87O6PS4. The van der Waals surface area contributed by atoms with Gasteiger partial charge in [0.2, 0.25) is 0 Å². The fraction of sp³-hybridized carbons (Fsp3) is 0.586. The summed E-state index contributed by atoms with van der Waals surface area (Å²) < 4.78 is 27.7. The van der Waals surface area contributed by atoms with Gasteiger partial charge in [-0.3, -0.25) is 4.89 Å². The van der Waals surface area contributed by atoms with Crippen LogP contribution in [-0.4, -0.2) is 25.3 Å². The van der Waals surface area contributed by atoms with E-state index in [1.807, 2.05) is 0 Å². The molecule has 0 aromatic heterocycles. The van der Waals surface area contributed by atoms with Crippen LogP contribution in [0.1, 0.15) is 211 Å². The third-order valence-electron chi connectivity index (χ3n) is 12.1. The molecule has 0 aliphatic heterocycles. The molecule has 0 saturated carbocycles. The molecule has 69 heavy (non-hydrogen) atoms. The molecule has 0 aliphatic rings. The van der Waals surface area contributed by atoms with Gasteiger partial charge < -0.3 is 19.3 Å². The second-order valence-electron chi connectivity index (χ2n) is 26.9. The highest BCUT2D eigenvalue weighted by Gasteiger charge is 2.38. The Morgan fingerprint density at radius 3 is 0.667 bits per heavy atom. The molecule has 384 valence electrons. The van der Waals surface area contributed by atoms with Gasteiger partial charge in [-0.1, -0.05) is 166 Å². The minimum atomic E-state index is -4.82. The largest absolute Gasteiger partial charge is 0.584 e. The van der Waals surface area contributed by atoms with Crippen molar-refractivity contribution in [2.45, 2.75) is 229 Å². The number of hydrogen-bond acceptors (Lipinski definition) is 9. The zero-order chi connectivity index (χ0) is 53.1. The van der Waals surface area contributed by atoms with E-state index in [2.05, 4.69) is 215 Å². The van der Waals surface area contributed by atoms with Crippen molar-refractivity contribution >= 4 is 54.9 Å². The summed E-state index contributed by atoms with van der Waals surface area (Å²) in [7, 11) is -4.82. The van der Waals surface area contributed by atoms with Crippen LogP contribution >= 0.6 is 54.9 Å². The minimum absolute atomic E-state index is 0.225. The number of thioether (sulfide) groups is 4. The van der Waals surface area contributed by atoms with Gasteiger partial charge in [-0.2, -0.15) is 0 Å². The monoisotopic (exact) mass is 1040 g/mol. The Hall–Kier alpha value is -2.33. The molecule has 0 fully saturated rings. The number of phenolic OH excluding ortho intramolecular Hbond substituents is 2. The van der Waals surface area contributed by atoms with Crippen LogP contribution in [0.4, 0.5) is 0 Å². The van der Waals surface area contributed by atoms with Gasteiger partial charge in [0, 0.05) is 74.3 Å². The van der Waals surface area contributed by atoms with Crippen molar-refractivity contribution in [3.63, 3.8) is 0 Å². The molecule has 0 bridgehead atoms. The van der Waals surface area contributed by atoms with Crippen LogP contribution in [0, 0.1) is 0 Å². The smallest absolute Gasteiger partial charge is 0.507 e. The van der Waals surface area contributed by atoms with E-state index in [4.69, 9.17) is 9.05 Å². The van der Waals surface area contributed by atoms with Crippen LogP contribution in [-0.2, 0) is 47.9 Å².